The van der Waals surface area contributed by atoms with Crippen molar-refractivity contribution in [1.82, 2.24) is 19.1 Å². The fourth-order valence-electron chi connectivity index (χ4n) is 3.07. The van der Waals surface area contributed by atoms with E-state index in [1.807, 2.05) is 13.8 Å². The molecule has 0 spiro atoms. The van der Waals surface area contributed by atoms with E-state index in [4.69, 9.17) is 4.74 Å². The third-order valence-electron chi connectivity index (χ3n) is 4.53. The van der Waals surface area contributed by atoms with Gasteiger partial charge in [0.2, 0.25) is 0 Å². The highest BCUT2D eigenvalue weighted by Crippen LogP contribution is 2.23. The largest absolute Gasteiger partial charge is 0.507 e. The van der Waals surface area contributed by atoms with E-state index in [1.165, 1.54) is 16.7 Å². The molecule has 0 radical (unpaired) electrons. The van der Waals surface area contributed by atoms with Gasteiger partial charge in [0.05, 0.1) is 0 Å². The van der Waals surface area contributed by atoms with E-state index in [0.29, 0.717) is 23.4 Å². The monoisotopic (exact) mass is 464 g/mol. The molecule has 0 atom stereocenters. The Morgan fingerprint density at radius 2 is 2.03 bits per heavy atom. The summed E-state index contributed by atoms with van der Waals surface area (Å²) in [7, 11) is 0. The van der Waals surface area contributed by atoms with Crippen LogP contribution in [0.5, 0.6) is 5.75 Å². The zero-order chi connectivity index (χ0) is 21.1. The van der Waals surface area contributed by atoms with Gasteiger partial charge in [-0.1, -0.05) is 29.3 Å². The minimum absolute atomic E-state index is 0.0104. The molecule has 0 bridgehead atoms. The van der Waals surface area contributed by atoms with Crippen LogP contribution < -0.4 is 11.2 Å². The van der Waals surface area contributed by atoms with Crippen molar-refractivity contribution >= 4 is 33.1 Å². The minimum Gasteiger partial charge on any atom is -0.507 e. The number of aromatic amines is 1. The number of phenolic OH excluding ortho intramolecular Hbond substituents is 1. The van der Waals surface area contributed by atoms with Crippen molar-refractivity contribution in [2.75, 3.05) is 0 Å². The fourth-order valence-corrected chi connectivity index (χ4v) is 3.43. The number of fused-ring (bicyclic) bond motifs is 1. The zero-order valence-corrected chi connectivity index (χ0v) is 17.7. The Kier molecular flexibility index (Phi) is 6.21. The SMILES string of the molecule is CCCCn1c(=O)[nH]c(=O)c2c1nc(COC(=O)c1cc(Br)ccc1O)n2CC. The van der Waals surface area contributed by atoms with Crippen LogP contribution in [0.1, 0.15) is 42.9 Å². The molecule has 0 aliphatic carbocycles. The maximum Gasteiger partial charge on any atom is 0.342 e. The quantitative estimate of drug-likeness (QED) is 0.518. The van der Waals surface area contributed by atoms with Crippen molar-refractivity contribution in [3.63, 3.8) is 0 Å². The number of hydrogen-bond acceptors (Lipinski definition) is 6. The van der Waals surface area contributed by atoms with Gasteiger partial charge in [-0.25, -0.2) is 14.6 Å². The number of aromatic hydroxyl groups is 1. The van der Waals surface area contributed by atoms with Crippen molar-refractivity contribution in [3.05, 3.63) is 54.9 Å². The topological polar surface area (TPSA) is 119 Å². The lowest BCUT2D eigenvalue weighted by molar-refractivity contribution is 0.0455. The van der Waals surface area contributed by atoms with Gasteiger partial charge in [-0.05, 0) is 31.5 Å². The number of carbonyl (C=O) groups excluding carboxylic acids is 1. The number of rotatable bonds is 7. The van der Waals surface area contributed by atoms with Crippen LogP contribution in [0.25, 0.3) is 11.2 Å². The van der Waals surface area contributed by atoms with Crippen LogP contribution in [0.4, 0.5) is 0 Å². The highest BCUT2D eigenvalue weighted by Gasteiger charge is 2.20. The van der Waals surface area contributed by atoms with Crippen LogP contribution >= 0.6 is 15.9 Å². The van der Waals surface area contributed by atoms with Crippen molar-refractivity contribution in [1.29, 1.82) is 0 Å². The van der Waals surface area contributed by atoms with Crippen molar-refractivity contribution in [3.8, 4) is 5.75 Å². The second kappa shape index (κ2) is 8.64. The van der Waals surface area contributed by atoms with Crippen LogP contribution in [0.3, 0.4) is 0 Å². The average Bonchev–Trinajstić information content (AvgIpc) is 3.06. The standard InChI is InChI=1S/C19H21BrN4O5/c1-3-5-8-24-16-15(17(26)22-19(24)28)23(4-2)14(21-16)10-29-18(27)12-9-11(20)6-7-13(12)25/h6-7,9,25H,3-5,8,10H2,1-2H3,(H,22,26,28). The second-order valence-electron chi connectivity index (χ2n) is 6.45. The van der Waals surface area contributed by atoms with E-state index in [9.17, 15) is 19.5 Å². The first-order chi connectivity index (χ1) is 13.9. The summed E-state index contributed by atoms with van der Waals surface area (Å²) < 4.78 is 8.97. The third-order valence-corrected chi connectivity index (χ3v) is 5.02. The van der Waals surface area contributed by atoms with Crippen LogP contribution in [0.2, 0.25) is 0 Å². The number of phenols is 1. The van der Waals surface area contributed by atoms with E-state index in [1.54, 1.807) is 10.6 Å². The minimum atomic E-state index is -0.726. The molecule has 0 amide bonds. The average molecular weight is 465 g/mol. The molecule has 0 fully saturated rings. The van der Waals surface area contributed by atoms with Crippen molar-refractivity contribution in [2.45, 2.75) is 46.4 Å². The van der Waals surface area contributed by atoms with E-state index >= 15 is 0 Å². The summed E-state index contributed by atoms with van der Waals surface area (Å²) in [5.41, 5.74) is -0.505. The molecule has 2 N–H and O–H groups in total. The molecule has 0 aliphatic rings. The Labute approximate surface area is 174 Å². The first kappa shape index (κ1) is 20.8. The number of imidazole rings is 1. The maximum atomic E-state index is 12.4. The van der Waals surface area contributed by atoms with Gasteiger partial charge in [-0.3, -0.25) is 14.3 Å². The molecule has 0 unspecified atom stereocenters. The summed E-state index contributed by atoms with van der Waals surface area (Å²) in [6, 6.07) is 4.44. The number of nitrogens with one attached hydrogen (secondary N) is 1. The molecule has 3 aromatic rings. The molecule has 10 heteroatoms. The van der Waals surface area contributed by atoms with E-state index in [0.717, 1.165) is 12.8 Å². The lowest BCUT2D eigenvalue weighted by atomic mass is 10.2. The number of carbonyl (C=O) groups is 1. The molecule has 0 saturated heterocycles. The molecule has 9 nitrogen and oxygen atoms in total. The first-order valence-corrected chi connectivity index (χ1v) is 10.0. The number of benzene rings is 1. The number of ether oxygens (including phenoxy) is 1. The maximum absolute atomic E-state index is 12.4. The van der Waals surface area contributed by atoms with Crippen LogP contribution in [-0.4, -0.2) is 30.2 Å². The summed E-state index contributed by atoms with van der Waals surface area (Å²) in [4.78, 5) is 43.7. The van der Waals surface area contributed by atoms with Gasteiger partial charge in [0, 0.05) is 17.6 Å². The summed E-state index contributed by atoms with van der Waals surface area (Å²) >= 11 is 3.24. The van der Waals surface area contributed by atoms with Crippen molar-refractivity contribution in [2.24, 2.45) is 0 Å². The lowest BCUT2D eigenvalue weighted by Gasteiger charge is -2.08. The van der Waals surface area contributed by atoms with Gasteiger partial charge in [0.1, 0.15) is 23.7 Å². The van der Waals surface area contributed by atoms with Gasteiger partial charge >= 0.3 is 11.7 Å². The third kappa shape index (κ3) is 4.12. The first-order valence-electron chi connectivity index (χ1n) is 9.25. The molecule has 0 aliphatic heterocycles. The number of hydrogen-bond donors (Lipinski definition) is 2. The fraction of sp³-hybridized carbons (Fsp3) is 0.368. The highest BCUT2D eigenvalue weighted by molar-refractivity contribution is 9.10. The Bertz CT molecular complexity index is 1180. The predicted octanol–water partition coefficient (Wildman–Crippen LogP) is 2.53. The number of nitrogens with zero attached hydrogens (tertiary/aromatic N) is 3. The Balaban J connectivity index is 1.98. The second-order valence-corrected chi connectivity index (χ2v) is 7.36. The van der Waals surface area contributed by atoms with Gasteiger partial charge in [-0.2, -0.15) is 0 Å². The van der Waals surface area contributed by atoms with Crippen LogP contribution in [0.15, 0.2) is 32.3 Å². The molecule has 2 heterocycles. The van der Waals surface area contributed by atoms with Gasteiger partial charge in [0.25, 0.3) is 5.56 Å². The summed E-state index contributed by atoms with van der Waals surface area (Å²) in [6.07, 6.45) is 1.63. The number of aryl methyl sites for hydroxylation is 2. The number of unbranched alkanes of at least 4 members (excludes halogenated alkanes) is 1. The zero-order valence-electron chi connectivity index (χ0n) is 16.1. The summed E-state index contributed by atoms with van der Waals surface area (Å²) in [5.74, 6) is -0.588. The number of halogens is 1. The number of H-pyrrole nitrogens is 1. The van der Waals surface area contributed by atoms with Crippen LogP contribution in [0, 0.1) is 0 Å². The molecule has 0 saturated carbocycles. The normalized spacial score (nSPS) is 11.1. The smallest absolute Gasteiger partial charge is 0.342 e. The van der Waals surface area contributed by atoms with Gasteiger partial charge in [0.15, 0.2) is 11.2 Å². The van der Waals surface area contributed by atoms with Gasteiger partial charge < -0.3 is 14.4 Å². The molecule has 3 rings (SSSR count). The number of esters is 1. The Morgan fingerprint density at radius 3 is 2.72 bits per heavy atom. The lowest BCUT2D eigenvalue weighted by Crippen LogP contribution is -2.31. The van der Waals surface area contributed by atoms with E-state index < -0.39 is 17.2 Å². The number of aromatic nitrogens is 4. The predicted molar refractivity (Wildman–Crippen MR) is 110 cm³/mol. The van der Waals surface area contributed by atoms with E-state index in [2.05, 4.69) is 25.9 Å². The molecule has 154 valence electrons. The Hall–Kier alpha value is -2.88. The highest BCUT2D eigenvalue weighted by atomic mass is 79.9. The summed E-state index contributed by atoms with van der Waals surface area (Å²) in [6.45, 7) is 4.44. The molecule has 29 heavy (non-hydrogen) atoms. The molecular formula is C19H21BrN4O5. The molecule has 2 aromatic heterocycles. The molecular weight excluding hydrogens is 444 g/mol. The van der Waals surface area contributed by atoms with Gasteiger partial charge in [-0.15, -0.1) is 0 Å². The van der Waals surface area contributed by atoms with Crippen molar-refractivity contribution < 1.29 is 14.6 Å². The molecule has 1 aromatic carbocycles. The Morgan fingerprint density at radius 1 is 1.28 bits per heavy atom. The summed E-state index contributed by atoms with van der Waals surface area (Å²) in [5, 5.41) is 9.88. The van der Waals surface area contributed by atoms with Crippen LogP contribution in [-0.2, 0) is 24.4 Å². The van der Waals surface area contributed by atoms with E-state index in [-0.39, 0.29) is 29.1 Å².